The Hall–Kier alpha value is -2.87. The lowest BCUT2D eigenvalue weighted by atomic mass is 10.0. The maximum absolute atomic E-state index is 13.1. The topological polar surface area (TPSA) is 79.7 Å². The summed E-state index contributed by atoms with van der Waals surface area (Å²) in [5.74, 6) is -0.0113. The van der Waals surface area contributed by atoms with Gasteiger partial charge in [-0.05, 0) is 70.7 Å². The van der Waals surface area contributed by atoms with E-state index in [2.05, 4.69) is 25.8 Å². The molecular weight excluding hydrogens is 430 g/mol. The molecule has 2 aromatic heterocycles. The summed E-state index contributed by atoms with van der Waals surface area (Å²) in [5, 5.41) is 3.25. The van der Waals surface area contributed by atoms with Crippen molar-refractivity contribution in [2.45, 2.75) is 70.7 Å². The number of amides is 2. The Labute approximate surface area is 202 Å². The smallest absolute Gasteiger partial charge is 0.410 e. The molecule has 4 rings (SSSR count). The summed E-state index contributed by atoms with van der Waals surface area (Å²) in [4.78, 5) is 34.0. The van der Waals surface area contributed by atoms with Crippen molar-refractivity contribution in [3.63, 3.8) is 0 Å². The van der Waals surface area contributed by atoms with Crippen LogP contribution in [-0.4, -0.2) is 69.2 Å². The van der Waals surface area contributed by atoms with Gasteiger partial charge in [0, 0.05) is 57.2 Å². The van der Waals surface area contributed by atoms with E-state index in [1.165, 1.54) is 0 Å². The molecule has 8 heteroatoms. The number of carbonyl (C=O) groups is 2. The molecule has 1 N–H and O–H groups in total. The van der Waals surface area contributed by atoms with E-state index in [0.717, 1.165) is 51.0 Å². The molecule has 34 heavy (non-hydrogen) atoms. The van der Waals surface area contributed by atoms with Gasteiger partial charge in [0.2, 0.25) is 0 Å². The lowest BCUT2D eigenvalue weighted by Crippen LogP contribution is -2.45. The van der Waals surface area contributed by atoms with Gasteiger partial charge in [-0.3, -0.25) is 14.7 Å². The lowest BCUT2D eigenvalue weighted by Gasteiger charge is -2.35. The van der Waals surface area contributed by atoms with E-state index < -0.39 is 5.60 Å². The van der Waals surface area contributed by atoms with E-state index in [4.69, 9.17) is 4.74 Å². The molecule has 8 nitrogen and oxygen atoms in total. The Balaban J connectivity index is 1.26. The first-order valence-corrected chi connectivity index (χ1v) is 12.4. The van der Waals surface area contributed by atoms with Gasteiger partial charge in [0.15, 0.2) is 0 Å². The maximum Gasteiger partial charge on any atom is 0.410 e. The van der Waals surface area contributed by atoms with Gasteiger partial charge >= 0.3 is 6.09 Å². The van der Waals surface area contributed by atoms with Gasteiger partial charge in [-0.1, -0.05) is 6.07 Å². The fraction of sp³-hybridized carbons (Fsp3) is 0.577. The molecular formula is C26H37N5O3. The third-order valence-corrected chi connectivity index (χ3v) is 6.56. The van der Waals surface area contributed by atoms with Crippen molar-refractivity contribution < 1.29 is 14.3 Å². The van der Waals surface area contributed by atoms with Crippen molar-refractivity contribution in [1.29, 1.82) is 0 Å². The Morgan fingerprint density at radius 3 is 2.41 bits per heavy atom. The van der Waals surface area contributed by atoms with Crippen LogP contribution in [0.3, 0.4) is 0 Å². The van der Waals surface area contributed by atoms with Crippen LogP contribution in [0.15, 0.2) is 42.7 Å². The highest BCUT2D eigenvalue weighted by Crippen LogP contribution is 2.26. The molecule has 0 aromatic carbocycles. The molecule has 2 aliphatic heterocycles. The lowest BCUT2D eigenvalue weighted by molar-refractivity contribution is 0.0187. The van der Waals surface area contributed by atoms with E-state index in [1.807, 2.05) is 57.4 Å². The van der Waals surface area contributed by atoms with Crippen molar-refractivity contribution in [3.8, 4) is 0 Å². The monoisotopic (exact) mass is 467 g/mol. The van der Waals surface area contributed by atoms with E-state index in [9.17, 15) is 9.59 Å². The number of nitrogens with one attached hydrogen (secondary N) is 1. The van der Waals surface area contributed by atoms with E-state index in [0.29, 0.717) is 18.8 Å². The van der Waals surface area contributed by atoms with Gasteiger partial charge < -0.3 is 19.5 Å². The normalized spacial score (nSPS) is 18.6. The zero-order valence-corrected chi connectivity index (χ0v) is 20.6. The summed E-state index contributed by atoms with van der Waals surface area (Å²) in [6.07, 6.45) is 7.05. The highest BCUT2D eigenvalue weighted by atomic mass is 16.6. The Morgan fingerprint density at radius 1 is 1.03 bits per heavy atom. The highest BCUT2D eigenvalue weighted by Gasteiger charge is 2.29. The number of hydrogen-bond donors (Lipinski definition) is 1. The highest BCUT2D eigenvalue weighted by molar-refractivity contribution is 5.93. The molecule has 0 spiro atoms. The maximum atomic E-state index is 13.1. The van der Waals surface area contributed by atoms with Crippen LogP contribution in [0.25, 0.3) is 0 Å². The summed E-state index contributed by atoms with van der Waals surface area (Å²) in [7, 11) is 0. The largest absolute Gasteiger partial charge is 0.444 e. The summed E-state index contributed by atoms with van der Waals surface area (Å²) < 4.78 is 7.58. The molecule has 0 unspecified atom stereocenters. The molecule has 2 amide bonds. The average Bonchev–Trinajstić information content (AvgIpc) is 3.30. The van der Waals surface area contributed by atoms with Crippen molar-refractivity contribution in [2.24, 2.45) is 0 Å². The molecule has 0 bridgehead atoms. The summed E-state index contributed by atoms with van der Waals surface area (Å²) >= 11 is 0. The minimum atomic E-state index is -0.492. The molecule has 2 saturated heterocycles. The first-order valence-electron chi connectivity index (χ1n) is 12.4. The van der Waals surface area contributed by atoms with E-state index >= 15 is 0 Å². The van der Waals surface area contributed by atoms with Gasteiger partial charge in [0.25, 0.3) is 5.91 Å². The summed E-state index contributed by atoms with van der Waals surface area (Å²) in [5.41, 5.74) is 1.29. The second-order valence-electron chi connectivity index (χ2n) is 10.3. The Kier molecular flexibility index (Phi) is 7.56. The number of aromatic nitrogens is 2. The van der Waals surface area contributed by atoms with Gasteiger partial charge in [-0.15, -0.1) is 0 Å². The van der Waals surface area contributed by atoms with Crippen LogP contribution >= 0.6 is 0 Å². The number of pyridine rings is 1. The van der Waals surface area contributed by atoms with Crippen molar-refractivity contribution in [1.82, 2.24) is 24.7 Å². The van der Waals surface area contributed by atoms with Gasteiger partial charge in [-0.2, -0.15) is 0 Å². The number of nitrogens with zero attached hydrogens (tertiary/aromatic N) is 4. The van der Waals surface area contributed by atoms with Crippen molar-refractivity contribution in [3.05, 3.63) is 54.1 Å². The molecule has 2 aliphatic rings. The molecule has 184 valence electrons. The van der Waals surface area contributed by atoms with Gasteiger partial charge in [0.1, 0.15) is 11.3 Å². The fourth-order valence-corrected chi connectivity index (χ4v) is 4.77. The number of ether oxygens (including phenoxy) is 1. The molecule has 2 aromatic rings. The number of hydrogen-bond acceptors (Lipinski definition) is 5. The Bertz CT molecular complexity index is 952. The number of rotatable bonds is 5. The zero-order chi connectivity index (χ0) is 24.1. The predicted molar refractivity (Wildman–Crippen MR) is 131 cm³/mol. The third-order valence-electron chi connectivity index (χ3n) is 6.56. The average molecular weight is 468 g/mol. The quantitative estimate of drug-likeness (QED) is 0.723. The minimum absolute atomic E-state index is 0.0113. The van der Waals surface area contributed by atoms with Crippen LogP contribution in [0.5, 0.6) is 0 Å². The number of piperidine rings is 2. The molecule has 4 heterocycles. The van der Waals surface area contributed by atoms with E-state index in [1.54, 1.807) is 4.90 Å². The van der Waals surface area contributed by atoms with Crippen molar-refractivity contribution >= 4 is 12.0 Å². The molecule has 0 radical (unpaired) electrons. The van der Waals surface area contributed by atoms with Gasteiger partial charge in [-0.25, -0.2) is 4.79 Å². The molecule has 0 atom stereocenters. The standard InChI is InChI=1S/C26H37N5O3/c1-26(2,3)34-25(33)30-17-11-22(12-18-30)31-14-6-8-23(31)24(32)28-20-9-15-29(16-10-20)19-21-7-4-5-13-27-21/h4-8,13-14,20,22H,9-12,15-19H2,1-3H3,(H,28,32). The Morgan fingerprint density at radius 2 is 1.76 bits per heavy atom. The van der Waals surface area contributed by atoms with E-state index in [-0.39, 0.29) is 24.1 Å². The minimum Gasteiger partial charge on any atom is -0.444 e. The van der Waals surface area contributed by atoms with Crippen LogP contribution in [0.1, 0.15) is 68.7 Å². The SMILES string of the molecule is CC(C)(C)OC(=O)N1CCC(n2cccc2C(=O)NC2CCN(Cc3ccccn3)CC2)CC1. The van der Waals surface area contributed by atoms with Crippen LogP contribution in [0, 0.1) is 0 Å². The van der Waals surface area contributed by atoms with Crippen LogP contribution in [-0.2, 0) is 11.3 Å². The van der Waals surface area contributed by atoms with Crippen LogP contribution in [0.2, 0.25) is 0 Å². The van der Waals surface area contributed by atoms with Crippen LogP contribution in [0.4, 0.5) is 4.79 Å². The first-order chi connectivity index (χ1) is 16.3. The summed E-state index contributed by atoms with van der Waals surface area (Å²) in [6.45, 7) is 9.66. The molecule has 2 fully saturated rings. The first kappa shape index (κ1) is 24.3. The molecule has 0 saturated carbocycles. The second-order valence-corrected chi connectivity index (χ2v) is 10.3. The fourth-order valence-electron chi connectivity index (χ4n) is 4.77. The number of likely N-dealkylation sites (tertiary alicyclic amines) is 2. The second kappa shape index (κ2) is 10.6. The summed E-state index contributed by atoms with van der Waals surface area (Å²) in [6, 6.07) is 10.2. The zero-order valence-electron chi connectivity index (χ0n) is 20.6. The molecule has 0 aliphatic carbocycles. The number of carbonyl (C=O) groups excluding carboxylic acids is 2. The van der Waals surface area contributed by atoms with Gasteiger partial charge in [0.05, 0.1) is 5.69 Å². The third kappa shape index (κ3) is 6.38. The predicted octanol–water partition coefficient (Wildman–Crippen LogP) is 3.85. The van der Waals surface area contributed by atoms with Crippen molar-refractivity contribution in [2.75, 3.05) is 26.2 Å². The van der Waals surface area contributed by atoms with Crippen LogP contribution < -0.4 is 5.32 Å².